The van der Waals surface area contributed by atoms with E-state index in [1.54, 1.807) is 0 Å². The van der Waals surface area contributed by atoms with Gasteiger partial charge in [0.1, 0.15) is 12.3 Å². The molecule has 1 N–H and O–H groups in total. The molecule has 8 heteroatoms. The zero-order chi connectivity index (χ0) is 15.0. The fourth-order valence-electron chi connectivity index (χ4n) is 2.99. The maximum atomic E-state index is 14.4. The lowest BCUT2D eigenvalue weighted by Crippen LogP contribution is -2.26. The number of halogens is 4. The highest BCUT2D eigenvalue weighted by atomic mass is 19.3. The molecule has 2 aliphatic rings. The fourth-order valence-corrected chi connectivity index (χ4v) is 2.99. The van der Waals surface area contributed by atoms with Gasteiger partial charge in [0.2, 0.25) is 0 Å². The molecule has 0 aliphatic carbocycles. The van der Waals surface area contributed by atoms with Crippen molar-refractivity contribution >= 4 is 0 Å². The van der Waals surface area contributed by atoms with E-state index in [9.17, 15) is 17.6 Å². The van der Waals surface area contributed by atoms with Crippen LogP contribution in [0.1, 0.15) is 29.8 Å². The van der Waals surface area contributed by atoms with Gasteiger partial charge in [-0.1, -0.05) is 0 Å². The molecule has 0 radical (unpaired) electrons. The van der Waals surface area contributed by atoms with Gasteiger partial charge in [-0.15, -0.1) is 0 Å². The summed E-state index contributed by atoms with van der Waals surface area (Å²) in [5.74, 6) is -3.00. The Bertz CT molecular complexity index is 518. The van der Waals surface area contributed by atoms with Crippen LogP contribution in [0.25, 0.3) is 0 Å². The first-order chi connectivity index (χ1) is 9.97. The Balaban J connectivity index is 1.88. The van der Waals surface area contributed by atoms with E-state index in [-0.39, 0.29) is 18.7 Å². The molecule has 0 saturated heterocycles. The summed E-state index contributed by atoms with van der Waals surface area (Å²) in [6.07, 6.45) is -3.00. The standard InChI is InChI=1S/C13H17F4N3O/c14-11(15)7-21-8-1-3-13(16,17)12-9-5-18-4-2-10(9)19-20(12)6-8/h8,11,18H,1-7H2/t8-/m1/s1. The summed E-state index contributed by atoms with van der Waals surface area (Å²) in [6, 6.07) is 0. The zero-order valence-electron chi connectivity index (χ0n) is 11.4. The number of nitrogens with one attached hydrogen (secondary N) is 1. The van der Waals surface area contributed by atoms with Gasteiger partial charge in [-0.05, 0) is 6.42 Å². The van der Waals surface area contributed by atoms with E-state index in [1.165, 1.54) is 4.68 Å². The molecule has 0 saturated carbocycles. The maximum absolute atomic E-state index is 14.4. The predicted molar refractivity (Wildman–Crippen MR) is 66.5 cm³/mol. The Morgan fingerprint density at radius 3 is 3.00 bits per heavy atom. The average Bonchev–Trinajstić information content (AvgIpc) is 2.74. The average molecular weight is 307 g/mol. The molecule has 21 heavy (non-hydrogen) atoms. The van der Waals surface area contributed by atoms with Crippen molar-refractivity contribution in [1.29, 1.82) is 0 Å². The maximum Gasteiger partial charge on any atom is 0.289 e. The van der Waals surface area contributed by atoms with E-state index in [4.69, 9.17) is 4.74 Å². The van der Waals surface area contributed by atoms with E-state index >= 15 is 0 Å². The van der Waals surface area contributed by atoms with Gasteiger partial charge in [0.25, 0.3) is 12.3 Å². The summed E-state index contributed by atoms with van der Waals surface area (Å²) in [6.45, 7) is 0.460. The second kappa shape index (κ2) is 5.57. The molecule has 0 bridgehead atoms. The largest absolute Gasteiger partial charge is 0.370 e. The van der Waals surface area contributed by atoms with E-state index in [0.29, 0.717) is 30.8 Å². The predicted octanol–water partition coefficient (Wildman–Crippen LogP) is 2.06. The summed E-state index contributed by atoms with van der Waals surface area (Å²) < 4.78 is 59.5. The Morgan fingerprint density at radius 1 is 1.43 bits per heavy atom. The molecule has 1 aromatic rings. The fraction of sp³-hybridized carbons (Fsp3) is 0.769. The zero-order valence-corrected chi connectivity index (χ0v) is 11.4. The third-order valence-electron chi connectivity index (χ3n) is 3.94. The highest BCUT2D eigenvalue weighted by Crippen LogP contribution is 2.40. The van der Waals surface area contributed by atoms with Gasteiger partial charge in [-0.25, -0.2) is 8.78 Å². The highest BCUT2D eigenvalue weighted by Gasteiger charge is 2.43. The lowest BCUT2D eigenvalue weighted by Gasteiger charge is -2.18. The molecule has 3 rings (SSSR count). The molecule has 118 valence electrons. The van der Waals surface area contributed by atoms with E-state index in [0.717, 1.165) is 0 Å². The Labute approximate surface area is 119 Å². The minimum atomic E-state index is -3.00. The Hall–Kier alpha value is -1.15. The first-order valence-electron chi connectivity index (χ1n) is 7.04. The number of aromatic nitrogens is 2. The molecule has 1 aromatic heterocycles. The van der Waals surface area contributed by atoms with Gasteiger partial charge in [0.05, 0.1) is 18.3 Å². The molecule has 2 aliphatic heterocycles. The van der Waals surface area contributed by atoms with Crippen molar-refractivity contribution in [3.8, 4) is 0 Å². The van der Waals surface area contributed by atoms with Crippen LogP contribution in [-0.2, 0) is 30.2 Å². The summed E-state index contributed by atoms with van der Waals surface area (Å²) in [5, 5.41) is 7.32. The number of hydrogen-bond acceptors (Lipinski definition) is 3. The SMILES string of the molecule is FC(F)CO[C@@H]1CCC(F)(F)c2c3c(nn2C1)CCNC3. The summed E-state index contributed by atoms with van der Waals surface area (Å²) >= 11 is 0. The number of rotatable bonds is 3. The molecule has 0 unspecified atom stereocenters. The van der Waals surface area contributed by atoms with Crippen LogP contribution in [0.15, 0.2) is 0 Å². The lowest BCUT2D eigenvalue weighted by molar-refractivity contribution is -0.0492. The van der Waals surface area contributed by atoms with Gasteiger partial charge in [0.15, 0.2) is 0 Å². The molecule has 1 atom stereocenters. The van der Waals surface area contributed by atoms with Crippen LogP contribution in [0, 0.1) is 0 Å². The van der Waals surface area contributed by atoms with Crippen molar-refractivity contribution in [2.24, 2.45) is 0 Å². The molecular weight excluding hydrogens is 290 g/mol. The van der Waals surface area contributed by atoms with Crippen LogP contribution >= 0.6 is 0 Å². The van der Waals surface area contributed by atoms with Crippen molar-refractivity contribution < 1.29 is 22.3 Å². The minimum Gasteiger partial charge on any atom is -0.370 e. The van der Waals surface area contributed by atoms with Gasteiger partial charge in [-0.2, -0.15) is 13.9 Å². The Morgan fingerprint density at radius 2 is 2.24 bits per heavy atom. The first-order valence-corrected chi connectivity index (χ1v) is 7.04. The van der Waals surface area contributed by atoms with Crippen molar-refractivity contribution in [1.82, 2.24) is 15.1 Å². The van der Waals surface area contributed by atoms with Crippen molar-refractivity contribution in [3.63, 3.8) is 0 Å². The van der Waals surface area contributed by atoms with Crippen molar-refractivity contribution in [2.45, 2.75) is 50.8 Å². The van der Waals surface area contributed by atoms with Gasteiger partial charge >= 0.3 is 0 Å². The third-order valence-corrected chi connectivity index (χ3v) is 3.94. The van der Waals surface area contributed by atoms with Crippen LogP contribution in [0.5, 0.6) is 0 Å². The van der Waals surface area contributed by atoms with Crippen molar-refractivity contribution in [3.05, 3.63) is 17.0 Å². The highest BCUT2D eigenvalue weighted by molar-refractivity contribution is 5.32. The van der Waals surface area contributed by atoms with Crippen LogP contribution in [-0.4, -0.2) is 35.5 Å². The first kappa shape index (κ1) is 14.8. The molecule has 0 aromatic carbocycles. The monoisotopic (exact) mass is 307 g/mol. The quantitative estimate of drug-likeness (QED) is 0.869. The number of fused-ring (bicyclic) bond motifs is 3. The normalized spacial score (nSPS) is 24.5. The van der Waals surface area contributed by atoms with Gasteiger partial charge in [-0.3, -0.25) is 4.68 Å². The molecular formula is C13H17F4N3O. The lowest BCUT2D eigenvalue weighted by atomic mass is 10.0. The smallest absolute Gasteiger partial charge is 0.289 e. The number of alkyl halides is 4. The summed E-state index contributed by atoms with van der Waals surface area (Å²) in [7, 11) is 0. The van der Waals surface area contributed by atoms with E-state index in [2.05, 4.69) is 10.4 Å². The topological polar surface area (TPSA) is 39.1 Å². The van der Waals surface area contributed by atoms with E-state index in [1.807, 2.05) is 0 Å². The van der Waals surface area contributed by atoms with Gasteiger partial charge < -0.3 is 10.1 Å². The van der Waals surface area contributed by atoms with Crippen molar-refractivity contribution in [2.75, 3.05) is 13.2 Å². The van der Waals surface area contributed by atoms with E-state index < -0.39 is 31.5 Å². The molecule has 0 fully saturated rings. The minimum absolute atomic E-state index is 0.0469. The van der Waals surface area contributed by atoms with Crippen LogP contribution < -0.4 is 5.32 Å². The number of hydrogen-bond donors (Lipinski definition) is 1. The number of ether oxygens (including phenoxy) is 1. The third kappa shape index (κ3) is 2.91. The van der Waals surface area contributed by atoms with Crippen LogP contribution in [0.4, 0.5) is 17.6 Å². The molecule has 0 spiro atoms. The van der Waals surface area contributed by atoms with Crippen LogP contribution in [0.3, 0.4) is 0 Å². The van der Waals surface area contributed by atoms with Crippen LogP contribution in [0.2, 0.25) is 0 Å². The number of nitrogens with zero attached hydrogens (tertiary/aromatic N) is 2. The molecule has 4 nitrogen and oxygen atoms in total. The second-order valence-electron chi connectivity index (χ2n) is 5.47. The summed E-state index contributed by atoms with van der Waals surface area (Å²) in [4.78, 5) is 0. The Kier molecular flexibility index (Phi) is 3.92. The van der Waals surface area contributed by atoms with Gasteiger partial charge in [0, 0.05) is 31.5 Å². The molecule has 3 heterocycles. The second-order valence-corrected chi connectivity index (χ2v) is 5.47. The summed E-state index contributed by atoms with van der Waals surface area (Å²) in [5.41, 5.74) is 1.16. The molecule has 0 amide bonds.